The van der Waals surface area contributed by atoms with Gasteiger partial charge in [-0.25, -0.2) is 9.97 Å². The molecule has 2 aliphatic rings. The lowest BCUT2D eigenvalue weighted by atomic mass is 10.0. The van der Waals surface area contributed by atoms with Crippen molar-refractivity contribution in [2.75, 3.05) is 12.3 Å². The van der Waals surface area contributed by atoms with Gasteiger partial charge in [-0.3, -0.25) is 4.79 Å². The fourth-order valence-corrected chi connectivity index (χ4v) is 4.23. The maximum Gasteiger partial charge on any atom is 0.223 e. The summed E-state index contributed by atoms with van der Waals surface area (Å²) in [5, 5.41) is 0.568. The van der Waals surface area contributed by atoms with Crippen molar-refractivity contribution in [2.45, 2.75) is 51.6 Å². The van der Waals surface area contributed by atoms with Gasteiger partial charge >= 0.3 is 0 Å². The van der Waals surface area contributed by atoms with Gasteiger partial charge in [-0.2, -0.15) is 0 Å². The second-order valence-corrected chi connectivity index (χ2v) is 7.41. The minimum absolute atomic E-state index is 0.198. The van der Waals surface area contributed by atoms with E-state index >= 15 is 0 Å². The lowest BCUT2D eigenvalue weighted by Gasteiger charge is -2.29. The number of anilines is 1. The van der Waals surface area contributed by atoms with Gasteiger partial charge in [0, 0.05) is 36.3 Å². The normalized spacial score (nSPS) is 17.0. The number of hydrogen-bond acceptors (Lipinski definition) is 5. The maximum atomic E-state index is 12.5. The zero-order valence-corrected chi connectivity index (χ0v) is 13.9. The molecule has 0 atom stereocenters. The molecule has 4 rings (SSSR count). The summed E-state index contributed by atoms with van der Waals surface area (Å²) in [6.45, 7) is 2.33. The Morgan fingerprint density at radius 3 is 3.00 bits per heavy atom. The van der Waals surface area contributed by atoms with Crippen LogP contribution in [-0.4, -0.2) is 31.9 Å². The SMILES string of the molecule is Nc1ncc(CCC(=O)N2CCn3c(nc4c3CCCC4)C2)s1. The van der Waals surface area contributed by atoms with Gasteiger partial charge in [-0.1, -0.05) is 0 Å². The van der Waals surface area contributed by atoms with Crippen molar-refractivity contribution in [2.24, 2.45) is 0 Å². The predicted molar refractivity (Wildman–Crippen MR) is 89.1 cm³/mol. The Labute approximate surface area is 139 Å². The number of fused-ring (bicyclic) bond motifs is 3. The molecule has 0 radical (unpaired) electrons. The first-order valence-corrected chi connectivity index (χ1v) is 9.07. The highest BCUT2D eigenvalue weighted by Crippen LogP contribution is 2.25. The summed E-state index contributed by atoms with van der Waals surface area (Å²) >= 11 is 1.46. The van der Waals surface area contributed by atoms with Crippen LogP contribution in [0.15, 0.2) is 6.20 Å². The van der Waals surface area contributed by atoms with Crippen LogP contribution in [0.1, 0.15) is 41.4 Å². The molecule has 122 valence electrons. The molecule has 2 aromatic heterocycles. The summed E-state index contributed by atoms with van der Waals surface area (Å²) in [7, 11) is 0. The van der Waals surface area contributed by atoms with Crippen LogP contribution in [0.5, 0.6) is 0 Å². The number of thiazole rings is 1. The number of aromatic nitrogens is 3. The number of nitrogens with zero attached hydrogens (tertiary/aromatic N) is 4. The van der Waals surface area contributed by atoms with Gasteiger partial charge in [0.25, 0.3) is 0 Å². The van der Waals surface area contributed by atoms with Gasteiger partial charge < -0.3 is 15.2 Å². The number of nitrogens with two attached hydrogens (primary N) is 1. The summed E-state index contributed by atoms with van der Waals surface area (Å²) in [5.74, 6) is 1.27. The van der Waals surface area contributed by atoms with Crippen molar-refractivity contribution >= 4 is 22.4 Å². The van der Waals surface area contributed by atoms with E-state index in [2.05, 4.69) is 9.55 Å². The van der Waals surface area contributed by atoms with E-state index < -0.39 is 0 Å². The quantitative estimate of drug-likeness (QED) is 0.930. The van der Waals surface area contributed by atoms with Gasteiger partial charge in [0.05, 0.1) is 12.2 Å². The molecule has 0 unspecified atom stereocenters. The summed E-state index contributed by atoms with van der Waals surface area (Å²) in [4.78, 5) is 24.3. The molecule has 3 heterocycles. The highest BCUT2D eigenvalue weighted by Gasteiger charge is 2.26. The first-order chi connectivity index (χ1) is 11.2. The maximum absolute atomic E-state index is 12.5. The number of aryl methyl sites for hydroxylation is 2. The van der Waals surface area contributed by atoms with Crippen LogP contribution < -0.4 is 5.73 Å². The van der Waals surface area contributed by atoms with Crippen LogP contribution in [0.25, 0.3) is 0 Å². The predicted octanol–water partition coefficient (Wildman–Crippen LogP) is 1.78. The van der Waals surface area contributed by atoms with E-state index in [9.17, 15) is 4.79 Å². The fraction of sp³-hybridized carbons (Fsp3) is 0.562. The van der Waals surface area contributed by atoms with E-state index in [4.69, 9.17) is 10.7 Å². The van der Waals surface area contributed by atoms with Crippen molar-refractivity contribution in [3.05, 3.63) is 28.3 Å². The molecular weight excluding hydrogens is 310 g/mol. The van der Waals surface area contributed by atoms with E-state index in [1.807, 2.05) is 4.90 Å². The Bertz CT molecular complexity index is 735. The topological polar surface area (TPSA) is 77.0 Å². The molecule has 23 heavy (non-hydrogen) atoms. The Hall–Kier alpha value is -1.89. The van der Waals surface area contributed by atoms with Crippen LogP contribution in [0.2, 0.25) is 0 Å². The summed E-state index contributed by atoms with van der Waals surface area (Å²) in [6.07, 6.45) is 7.74. The molecule has 0 fully saturated rings. The molecule has 2 aromatic rings. The monoisotopic (exact) mass is 331 g/mol. The van der Waals surface area contributed by atoms with E-state index in [-0.39, 0.29) is 5.91 Å². The molecule has 7 heteroatoms. The van der Waals surface area contributed by atoms with E-state index in [1.54, 1.807) is 6.20 Å². The zero-order chi connectivity index (χ0) is 15.8. The number of carbonyl (C=O) groups excluding carboxylic acids is 1. The number of imidazole rings is 1. The number of rotatable bonds is 3. The van der Waals surface area contributed by atoms with Crippen molar-refractivity contribution in [3.8, 4) is 0 Å². The average molecular weight is 331 g/mol. The highest BCUT2D eigenvalue weighted by atomic mass is 32.1. The summed E-state index contributed by atoms with van der Waals surface area (Å²) < 4.78 is 2.35. The second-order valence-electron chi connectivity index (χ2n) is 6.26. The standard InChI is InChI=1S/C16H21N5OS/c17-16-18-9-11(23-16)5-6-15(22)20-7-8-21-13-4-2-1-3-12(13)19-14(21)10-20/h9H,1-8,10H2,(H2,17,18). The molecule has 0 spiro atoms. The third kappa shape index (κ3) is 2.85. The smallest absolute Gasteiger partial charge is 0.223 e. The van der Waals surface area contributed by atoms with E-state index in [0.717, 1.165) is 43.1 Å². The van der Waals surface area contributed by atoms with Gasteiger partial charge in [-0.05, 0) is 32.1 Å². The molecular formula is C16H21N5OS. The summed E-state index contributed by atoms with van der Waals surface area (Å²) in [6, 6.07) is 0. The molecule has 0 aromatic carbocycles. The van der Waals surface area contributed by atoms with Crippen LogP contribution in [-0.2, 0) is 37.1 Å². The van der Waals surface area contributed by atoms with E-state index in [0.29, 0.717) is 18.1 Å². The van der Waals surface area contributed by atoms with Crippen molar-refractivity contribution in [1.29, 1.82) is 0 Å². The molecule has 1 aliphatic carbocycles. The Balaban J connectivity index is 1.41. The Morgan fingerprint density at radius 2 is 2.17 bits per heavy atom. The highest BCUT2D eigenvalue weighted by molar-refractivity contribution is 7.15. The molecule has 1 aliphatic heterocycles. The molecule has 2 N–H and O–H groups in total. The summed E-state index contributed by atoms with van der Waals surface area (Å²) in [5.41, 5.74) is 8.31. The Morgan fingerprint density at radius 1 is 1.30 bits per heavy atom. The molecule has 0 saturated heterocycles. The lowest BCUT2D eigenvalue weighted by molar-refractivity contribution is -0.132. The van der Waals surface area contributed by atoms with Crippen LogP contribution >= 0.6 is 11.3 Å². The number of amides is 1. The van der Waals surface area contributed by atoms with Crippen LogP contribution in [0, 0.1) is 0 Å². The third-order valence-corrected chi connectivity index (χ3v) is 5.63. The largest absolute Gasteiger partial charge is 0.375 e. The fourth-order valence-electron chi connectivity index (χ4n) is 3.55. The zero-order valence-electron chi connectivity index (χ0n) is 13.1. The molecule has 6 nitrogen and oxygen atoms in total. The molecule has 1 amide bonds. The first kappa shape index (κ1) is 14.7. The minimum Gasteiger partial charge on any atom is -0.375 e. The molecule has 0 saturated carbocycles. The van der Waals surface area contributed by atoms with Crippen molar-refractivity contribution < 1.29 is 4.79 Å². The third-order valence-electron chi connectivity index (χ3n) is 4.75. The van der Waals surface area contributed by atoms with E-state index in [1.165, 1.54) is 35.6 Å². The van der Waals surface area contributed by atoms with Crippen molar-refractivity contribution in [1.82, 2.24) is 19.4 Å². The van der Waals surface area contributed by atoms with Gasteiger partial charge in [0.15, 0.2) is 5.13 Å². The lowest BCUT2D eigenvalue weighted by Crippen LogP contribution is -2.38. The second kappa shape index (κ2) is 5.96. The number of carbonyl (C=O) groups is 1. The van der Waals surface area contributed by atoms with Crippen LogP contribution in [0.4, 0.5) is 5.13 Å². The van der Waals surface area contributed by atoms with Crippen molar-refractivity contribution in [3.63, 3.8) is 0 Å². The van der Waals surface area contributed by atoms with Gasteiger partial charge in [0.1, 0.15) is 5.82 Å². The minimum atomic E-state index is 0.198. The number of hydrogen-bond donors (Lipinski definition) is 1. The average Bonchev–Trinajstić information content (AvgIpc) is 3.15. The van der Waals surface area contributed by atoms with Gasteiger partial charge in [-0.15, -0.1) is 11.3 Å². The van der Waals surface area contributed by atoms with Crippen LogP contribution in [0.3, 0.4) is 0 Å². The first-order valence-electron chi connectivity index (χ1n) is 8.26. The van der Waals surface area contributed by atoms with Gasteiger partial charge in [0.2, 0.25) is 5.91 Å². The number of nitrogen functional groups attached to an aromatic ring is 1. The Kier molecular flexibility index (Phi) is 3.80. The molecule has 0 bridgehead atoms.